The van der Waals surface area contributed by atoms with Crippen LogP contribution in [0.2, 0.25) is 0 Å². The van der Waals surface area contributed by atoms with Gasteiger partial charge in [0.25, 0.3) is 0 Å². The first kappa shape index (κ1) is 13.8. The second kappa shape index (κ2) is 5.98. The zero-order chi connectivity index (χ0) is 14.5. The number of Topliss-reactive ketones (excluding diaryl/α,β-unsaturated/α-hetero) is 1. The normalized spacial score (nSPS) is 11.4. The van der Waals surface area contributed by atoms with Crippen molar-refractivity contribution in [2.45, 2.75) is 12.8 Å². The Hall–Kier alpha value is -2.67. The lowest BCUT2D eigenvalue weighted by Crippen LogP contribution is -2.13. The number of ether oxygens (including phenoxy) is 1. The van der Waals surface area contributed by atoms with Gasteiger partial charge in [0.1, 0.15) is 5.75 Å². The number of methoxy groups -OCH3 is 1. The van der Waals surface area contributed by atoms with E-state index in [1.807, 2.05) is 13.0 Å². The number of hydrogen-bond acceptors (Lipinski definition) is 4. The highest BCUT2D eigenvalue weighted by atomic mass is 16.5. The second-order valence-electron chi connectivity index (χ2n) is 4.36. The predicted molar refractivity (Wildman–Crippen MR) is 74.7 cm³/mol. The minimum Gasteiger partial charge on any atom is -0.497 e. The maximum atomic E-state index is 12.5. The summed E-state index contributed by atoms with van der Waals surface area (Å²) in [6.07, 6.45) is 1.58. The lowest BCUT2D eigenvalue weighted by atomic mass is 9.92. The molecule has 100 valence electrons. The fourth-order valence-electron chi connectivity index (χ4n) is 2.00. The molecule has 1 heterocycles. The summed E-state index contributed by atoms with van der Waals surface area (Å²) in [5, 5.41) is 9.27. The molecule has 0 radical (unpaired) electrons. The summed E-state index contributed by atoms with van der Waals surface area (Å²) in [7, 11) is 1.57. The molecule has 4 nitrogen and oxygen atoms in total. The Kier molecular flexibility index (Phi) is 4.11. The summed E-state index contributed by atoms with van der Waals surface area (Å²) in [6.45, 7) is 1.82. The van der Waals surface area contributed by atoms with Crippen LogP contribution < -0.4 is 4.74 Å². The van der Waals surface area contributed by atoms with Crippen molar-refractivity contribution in [3.63, 3.8) is 0 Å². The van der Waals surface area contributed by atoms with E-state index in [4.69, 9.17) is 4.74 Å². The van der Waals surface area contributed by atoms with Crippen molar-refractivity contribution in [1.29, 1.82) is 5.26 Å². The van der Waals surface area contributed by atoms with Gasteiger partial charge in [-0.2, -0.15) is 5.26 Å². The maximum Gasteiger partial charge on any atom is 0.186 e. The molecule has 1 aromatic heterocycles. The lowest BCUT2D eigenvalue weighted by Gasteiger charge is -2.11. The van der Waals surface area contributed by atoms with Gasteiger partial charge in [0, 0.05) is 11.8 Å². The Morgan fingerprint density at radius 1 is 1.35 bits per heavy atom. The number of carbonyl (C=O) groups excluding carboxylic acids is 1. The van der Waals surface area contributed by atoms with Gasteiger partial charge in [0.2, 0.25) is 0 Å². The van der Waals surface area contributed by atoms with E-state index in [9.17, 15) is 10.1 Å². The predicted octanol–water partition coefficient (Wildman–Crippen LogP) is 2.89. The van der Waals surface area contributed by atoms with Crippen LogP contribution in [0.4, 0.5) is 0 Å². The Balaban J connectivity index is 2.38. The Labute approximate surface area is 117 Å². The molecule has 0 aliphatic rings. The van der Waals surface area contributed by atoms with Crippen molar-refractivity contribution >= 4 is 5.78 Å². The molecule has 1 atom stereocenters. The van der Waals surface area contributed by atoms with E-state index < -0.39 is 5.92 Å². The summed E-state index contributed by atoms with van der Waals surface area (Å²) in [6, 6.07) is 12.4. The van der Waals surface area contributed by atoms with E-state index in [1.54, 1.807) is 49.7 Å². The van der Waals surface area contributed by atoms with Crippen molar-refractivity contribution in [1.82, 2.24) is 4.98 Å². The van der Waals surface area contributed by atoms with Gasteiger partial charge >= 0.3 is 0 Å². The number of nitrogens with zero attached hydrogens (tertiary/aromatic N) is 2. The third-order valence-corrected chi connectivity index (χ3v) is 3.07. The van der Waals surface area contributed by atoms with Gasteiger partial charge in [-0.15, -0.1) is 0 Å². The average molecular weight is 266 g/mol. The van der Waals surface area contributed by atoms with Crippen LogP contribution in [0.5, 0.6) is 5.75 Å². The highest BCUT2D eigenvalue weighted by molar-refractivity contribution is 6.03. The molecule has 2 aromatic rings. The standard InChI is InChI=1S/C16H14N2O2/c1-11-9-12(20-2)6-7-13(11)16(19)14(10-17)15-5-3-4-8-18-15/h3-9,14H,1-2H3/t14-/m0/s1. The van der Waals surface area contributed by atoms with Crippen LogP contribution in [0.3, 0.4) is 0 Å². The van der Waals surface area contributed by atoms with E-state index in [0.29, 0.717) is 17.0 Å². The number of pyridine rings is 1. The molecule has 2 rings (SSSR count). The summed E-state index contributed by atoms with van der Waals surface area (Å²) in [5.74, 6) is -0.444. The van der Waals surface area contributed by atoms with Gasteiger partial charge in [-0.05, 0) is 42.8 Å². The average Bonchev–Trinajstić information content (AvgIpc) is 2.48. The SMILES string of the molecule is COc1ccc(C(=O)[C@@H](C#N)c2ccccn2)c(C)c1. The highest BCUT2D eigenvalue weighted by Gasteiger charge is 2.24. The number of benzene rings is 1. The van der Waals surface area contributed by atoms with Gasteiger partial charge in [-0.1, -0.05) is 6.07 Å². The molecule has 4 heteroatoms. The van der Waals surface area contributed by atoms with Crippen molar-refractivity contribution in [3.05, 3.63) is 59.4 Å². The van der Waals surface area contributed by atoms with Crippen LogP contribution >= 0.6 is 0 Å². The van der Waals surface area contributed by atoms with Gasteiger partial charge in [-0.3, -0.25) is 9.78 Å². The van der Waals surface area contributed by atoms with Gasteiger partial charge in [0.05, 0.1) is 18.9 Å². The molecule has 0 amide bonds. The molecule has 0 spiro atoms. The lowest BCUT2D eigenvalue weighted by molar-refractivity contribution is 0.0977. The molecule has 20 heavy (non-hydrogen) atoms. The number of rotatable bonds is 4. The fraction of sp³-hybridized carbons (Fsp3) is 0.188. The first-order valence-electron chi connectivity index (χ1n) is 6.16. The van der Waals surface area contributed by atoms with Crippen LogP contribution in [-0.2, 0) is 0 Å². The first-order valence-corrected chi connectivity index (χ1v) is 6.16. The van der Waals surface area contributed by atoms with E-state index in [2.05, 4.69) is 4.98 Å². The van der Waals surface area contributed by atoms with Crippen LogP contribution in [0.25, 0.3) is 0 Å². The number of nitriles is 1. The Morgan fingerprint density at radius 3 is 2.70 bits per heavy atom. The van der Waals surface area contributed by atoms with Crippen LogP contribution in [0.1, 0.15) is 27.5 Å². The minimum atomic E-state index is -0.886. The Morgan fingerprint density at radius 2 is 2.15 bits per heavy atom. The van der Waals surface area contributed by atoms with E-state index in [0.717, 1.165) is 5.56 Å². The van der Waals surface area contributed by atoms with Crippen molar-refractivity contribution in [3.8, 4) is 11.8 Å². The van der Waals surface area contributed by atoms with E-state index >= 15 is 0 Å². The maximum absolute atomic E-state index is 12.5. The smallest absolute Gasteiger partial charge is 0.186 e. The summed E-state index contributed by atoms with van der Waals surface area (Å²) >= 11 is 0. The number of aryl methyl sites for hydroxylation is 1. The van der Waals surface area contributed by atoms with Gasteiger partial charge in [0.15, 0.2) is 11.7 Å². The zero-order valence-corrected chi connectivity index (χ0v) is 11.3. The molecule has 0 N–H and O–H groups in total. The summed E-state index contributed by atoms with van der Waals surface area (Å²) < 4.78 is 5.11. The second-order valence-corrected chi connectivity index (χ2v) is 4.36. The quantitative estimate of drug-likeness (QED) is 0.798. The molecule has 1 aromatic carbocycles. The van der Waals surface area contributed by atoms with E-state index in [1.165, 1.54) is 0 Å². The molecule has 0 saturated heterocycles. The third kappa shape index (κ3) is 2.67. The number of ketones is 1. The van der Waals surface area contributed by atoms with Crippen LogP contribution in [0, 0.1) is 18.3 Å². The van der Waals surface area contributed by atoms with E-state index in [-0.39, 0.29) is 5.78 Å². The molecule has 0 unspecified atom stereocenters. The zero-order valence-electron chi connectivity index (χ0n) is 11.3. The van der Waals surface area contributed by atoms with Crippen LogP contribution in [0.15, 0.2) is 42.6 Å². The highest BCUT2D eigenvalue weighted by Crippen LogP contribution is 2.23. The van der Waals surface area contributed by atoms with Crippen molar-refractivity contribution in [2.75, 3.05) is 7.11 Å². The third-order valence-electron chi connectivity index (χ3n) is 3.07. The molecule has 0 fully saturated rings. The molecule has 0 saturated carbocycles. The van der Waals surface area contributed by atoms with Crippen molar-refractivity contribution < 1.29 is 9.53 Å². The number of carbonyl (C=O) groups is 1. The van der Waals surface area contributed by atoms with Gasteiger partial charge in [-0.25, -0.2) is 0 Å². The fourth-order valence-corrected chi connectivity index (χ4v) is 2.00. The van der Waals surface area contributed by atoms with Crippen LogP contribution in [-0.4, -0.2) is 17.9 Å². The first-order chi connectivity index (χ1) is 9.67. The monoisotopic (exact) mass is 266 g/mol. The molecule has 0 aliphatic heterocycles. The Bertz CT molecular complexity index is 660. The largest absolute Gasteiger partial charge is 0.497 e. The summed E-state index contributed by atoms with van der Waals surface area (Å²) in [4.78, 5) is 16.6. The topological polar surface area (TPSA) is 63.0 Å². The molecular formula is C16H14N2O2. The minimum absolute atomic E-state index is 0.244. The molecule has 0 bridgehead atoms. The summed E-state index contributed by atoms with van der Waals surface area (Å²) in [5.41, 5.74) is 1.77. The molecule has 0 aliphatic carbocycles. The number of aromatic nitrogens is 1. The van der Waals surface area contributed by atoms with Gasteiger partial charge < -0.3 is 4.74 Å². The molecular weight excluding hydrogens is 252 g/mol. The van der Waals surface area contributed by atoms with Crippen molar-refractivity contribution in [2.24, 2.45) is 0 Å². The number of hydrogen-bond donors (Lipinski definition) is 0.